The summed E-state index contributed by atoms with van der Waals surface area (Å²) < 4.78 is 5.60. The molecule has 2 atom stereocenters. The van der Waals surface area contributed by atoms with Crippen molar-refractivity contribution in [2.75, 3.05) is 54.9 Å². The van der Waals surface area contributed by atoms with Crippen LogP contribution in [0, 0.1) is 0 Å². The van der Waals surface area contributed by atoms with Crippen molar-refractivity contribution in [2.45, 2.75) is 31.9 Å². The highest BCUT2D eigenvalue weighted by Gasteiger charge is 2.18. The molecular weight excluding hydrogens is 420 g/mol. The van der Waals surface area contributed by atoms with E-state index >= 15 is 0 Å². The first-order valence-corrected chi connectivity index (χ1v) is 11.5. The molecule has 5 heterocycles. The Balaban J connectivity index is 1.39. The molecule has 174 valence electrons. The molecular formula is C23H30N8O2. The van der Waals surface area contributed by atoms with Crippen LogP contribution in [0.25, 0.3) is 10.9 Å². The van der Waals surface area contributed by atoms with Gasteiger partial charge in [0.05, 0.1) is 36.3 Å². The lowest BCUT2D eigenvalue weighted by atomic mass is 10.1. The Morgan fingerprint density at radius 3 is 2.79 bits per heavy atom. The highest BCUT2D eigenvalue weighted by molar-refractivity contribution is 5.89. The summed E-state index contributed by atoms with van der Waals surface area (Å²) in [7, 11) is 0. The number of fused-ring (bicyclic) bond motifs is 1. The lowest BCUT2D eigenvalue weighted by Gasteiger charge is -2.29. The summed E-state index contributed by atoms with van der Waals surface area (Å²) in [5.41, 5.74) is 2.38. The Morgan fingerprint density at radius 1 is 1.18 bits per heavy atom. The van der Waals surface area contributed by atoms with Gasteiger partial charge in [-0.3, -0.25) is 0 Å². The molecule has 3 aromatic rings. The van der Waals surface area contributed by atoms with Gasteiger partial charge in [-0.25, -0.2) is 19.9 Å². The monoisotopic (exact) mass is 450 g/mol. The van der Waals surface area contributed by atoms with Gasteiger partial charge in [0.15, 0.2) is 5.82 Å². The molecule has 10 nitrogen and oxygen atoms in total. The molecule has 4 N–H and O–H groups in total. The summed E-state index contributed by atoms with van der Waals surface area (Å²) in [5, 5.41) is 20.9. The third-order valence-corrected chi connectivity index (χ3v) is 5.98. The van der Waals surface area contributed by atoms with Crippen molar-refractivity contribution in [3.05, 3.63) is 36.3 Å². The maximum absolute atomic E-state index is 10.1. The van der Waals surface area contributed by atoms with E-state index in [-0.39, 0.29) is 6.04 Å². The standard InChI is InChI=1S/C23H30N8O2/c1-15(32)19-11-16-12-26-23(30-21(16)22(28-19)27-17-3-2-10-33-14-17)29-20-5-4-18(13-25-20)31-8-6-24-7-9-31/h4-5,11-13,15,17,24,32H,2-3,6-10,14H2,1H3,(H,27,28)(H,25,26,29,30). The van der Waals surface area contributed by atoms with E-state index < -0.39 is 6.10 Å². The van der Waals surface area contributed by atoms with Gasteiger partial charge in [0.25, 0.3) is 0 Å². The van der Waals surface area contributed by atoms with E-state index in [4.69, 9.17) is 9.72 Å². The van der Waals surface area contributed by atoms with Gasteiger partial charge < -0.3 is 30.7 Å². The number of aliphatic hydroxyl groups is 1. The van der Waals surface area contributed by atoms with Gasteiger partial charge in [-0.2, -0.15) is 0 Å². The van der Waals surface area contributed by atoms with Gasteiger partial charge >= 0.3 is 0 Å². The molecule has 2 unspecified atom stereocenters. The third kappa shape index (κ3) is 5.13. The lowest BCUT2D eigenvalue weighted by Crippen LogP contribution is -2.43. The minimum absolute atomic E-state index is 0.157. The van der Waals surface area contributed by atoms with Gasteiger partial charge in [0.2, 0.25) is 5.95 Å². The first kappa shape index (κ1) is 21.7. The molecule has 2 saturated heterocycles. The maximum Gasteiger partial charge on any atom is 0.229 e. The van der Waals surface area contributed by atoms with Crippen molar-refractivity contribution in [3.63, 3.8) is 0 Å². The van der Waals surface area contributed by atoms with Crippen LogP contribution in [-0.4, -0.2) is 70.5 Å². The van der Waals surface area contributed by atoms with Gasteiger partial charge in [-0.1, -0.05) is 0 Å². The van der Waals surface area contributed by atoms with E-state index in [9.17, 15) is 5.11 Å². The number of rotatable bonds is 6. The van der Waals surface area contributed by atoms with Crippen molar-refractivity contribution >= 4 is 34.2 Å². The summed E-state index contributed by atoms with van der Waals surface area (Å²) >= 11 is 0. The number of piperazine rings is 1. The van der Waals surface area contributed by atoms with Crippen LogP contribution in [0.1, 0.15) is 31.6 Å². The Labute approximate surface area is 192 Å². The predicted octanol–water partition coefficient (Wildman–Crippen LogP) is 2.22. The SMILES string of the molecule is CC(O)c1cc2cnc(Nc3ccc(N4CCNCC4)cn3)nc2c(NC2CCCOC2)n1. The molecule has 0 spiro atoms. The Kier molecular flexibility index (Phi) is 6.47. The van der Waals surface area contributed by atoms with Crippen molar-refractivity contribution in [3.8, 4) is 0 Å². The Bertz CT molecular complexity index is 1080. The number of aliphatic hydroxyl groups excluding tert-OH is 1. The molecule has 2 aliphatic rings. The Morgan fingerprint density at radius 2 is 2.06 bits per heavy atom. The molecule has 2 fully saturated rings. The number of hydrogen-bond acceptors (Lipinski definition) is 10. The smallest absolute Gasteiger partial charge is 0.229 e. The number of ether oxygens (including phenoxy) is 1. The van der Waals surface area contributed by atoms with Crippen LogP contribution < -0.4 is 20.9 Å². The molecule has 0 radical (unpaired) electrons. The zero-order chi connectivity index (χ0) is 22.6. The zero-order valence-corrected chi connectivity index (χ0v) is 18.8. The average Bonchev–Trinajstić information content (AvgIpc) is 2.86. The van der Waals surface area contributed by atoms with E-state index in [1.807, 2.05) is 18.3 Å². The van der Waals surface area contributed by atoms with Crippen LogP contribution in [-0.2, 0) is 4.74 Å². The number of aromatic nitrogens is 4. The number of pyridine rings is 2. The van der Waals surface area contributed by atoms with E-state index in [1.165, 1.54) is 0 Å². The van der Waals surface area contributed by atoms with Gasteiger partial charge in [0.1, 0.15) is 11.3 Å². The van der Waals surface area contributed by atoms with Crippen molar-refractivity contribution < 1.29 is 9.84 Å². The molecule has 33 heavy (non-hydrogen) atoms. The molecule has 2 aliphatic heterocycles. The summed E-state index contributed by atoms with van der Waals surface area (Å²) in [4.78, 5) is 20.7. The van der Waals surface area contributed by atoms with E-state index in [1.54, 1.807) is 13.1 Å². The second-order valence-electron chi connectivity index (χ2n) is 8.53. The van der Waals surface area contributed by atoms with Crippen LogP contribution in [0.2, 0.25) is 0 Å². The molecule has 0 bridgehead atoms. The van der Waals surface area contributed by atoms with Crippen molar-refractivity contribution in [1.29, 1.82) is 0 Å². The molecule has 10 heteroatoms. The first-order chi connectivity index (χ1) is 16.2. The van der Waals surface area contributed by atoms with Gasteiger partial charge in [-0.15, -0.1) is 0 Å². The van der Waals surface area contributed by atoms with Crippen LogP contribution >= 0.6 is 0 Å². The van der Waals surface area contributed by atoms with E-state index in [0.717, 1.165) is 56.7 Å². The number of nitrogens with zero attached hydrogens (tertiary/aromatic N) is 5. The van der Waals surface area contributed by atoms with E-state index in [2.05, 4.69) is 41.9 Å². The summed E-state index contributed by atoms with van der Waals surface area (Å²) in [6.07, 6.45) is 4.94. The molecule has 3 aromatic heterocycles. The number of hydrogen-bond donors (Lipinski definition) is 4. The second-order valence-corrected chi connectivity index (χ2v) is 8.53. The van der Waals surface area contributed by atoms with Crippen molar-refractivity contribution in [2.24, 2.45) is 0 Å². The number of nitrogens with one attached hydrogen (secondary N) is 3. The number of anilines is 4. The fourth-order valence-corrected chi connectivity index (χ4v) is 4.17. The molecule has 0 amide bonds. The molecule has 0 aliphatic carbocycles. The Hall–Kier alpha value is -3.08. The highest BCUT2D eigenvalue weighted by atomic mass is 16.5. The van der Waals surface area contributed by atoms with Gasteiger partial charge in [-0.05, 0) is 38.0 Å². The van der Waals surface area contributed by atoms with E-state index in [0.29, 0.717) is 35.4 Å². The fourth-order valence-electron chi connectivity index (χ4n) is 4.17. The summed E-state index contributed by atoms with van der Waals surface area (Å²) in [6.45, 7) is 7.04. The highest BCUT2D eigenvalue weighted by Crippen LogP contribution is 2.27. The predicted molar refractivity (Wildman–Crippen MR) is 128 cm³/mol. The van der Waals surface area contributed by atoms with Gasteiger partial charge in [0, 0.05) is 44.4 Å². The molecule has 0 aromatic carbocycles. The second kappa shape index (κ2) is 9.82. The first-order valence-electron chi connectivity index (χ1n) is 11.5. The molecule has 0 saturated carbocycles. The fraction of sp³-hybridized carbons (Fsp3) is 0.478. The quantitative estimate of drug-likeness (QED) is 0.445. The maximum atomic E-state index is 10.1. The summed E-state index contributed by atoms with van der Waals surface area (Å²) in [6, 6.07) is 5.99. The van der Waals surface area contributed by atoms with Crippen LogP contribution in [0.4, 0.5) is 23.3 Å². The molecule has 5 rings (SSSR count). The topological polar surface area (TPSA) is 120 Å². The normalized spacial score (nSPS) is 19.9. The lowest BCUT2D eigenvalue weighted by molar-refractivity contribution is 0.0875. The largest absolute Gasteiger partial charge is 0.387 e. The minimum Gasteiger partial charge on any atom is -0.387 e. The van der Waals surface area contributed by atoms with Crippen LogP contribution in [0.15, 0.2) is 30.6 Å². The van der Waals surface area contributed by atoms with Crippen molar-refractivity contribution in [1.82, 2.24) is 25.3 Å². The van der Waals surface area contributed by atoms with Crippen LogP contribution in [0.5, 0.6) is 0 Å². The third-order valence-electron chi connectivity index (χ3n) is 5.98. The summed E-state index contributed by atoms with van der Waals surface area (Å²) in [5.74, 6) is 1.75. The zero-order valence-electron chi connectivity index (χ0n) is 18.8. The average molecular weight is 451 g/mol. The van der Waals surface area contributed by atoms with Crippen LogP contribution in [0.3, 0.4) is 0 Å². The minimum atomic E-state index is -0.686.